The predicted molar refractivity (Wildman–Crippen MR) is 60.0 cm³/mol. The van der Waals surface area contributed by atoms with Crippen LogP contribution in [0.3, 0.4) is 0 Å². The van der Waals surface area contributed by atoms with Gasteiger partial charge in [0.2, 0.25) is 0 Å². The first kappa shape index (κ1) is 10.6. The minimum absolute atomic E-state index is 0.557. The highest BCUT2D eigenvalue weighted by molar-refractivity contribution is 8.00. The summed E-state index contributed by atoms with van der Waals surface area (Å²) in [4.78, 5) is 4.38. The Kier molecular flexibility index (Phi) is 4.29. The molecule has 0 aliphatic rings. The van der Waals surface area contributed by atoms with Gasteiger partial charge in [-0.2, -0.15) is 0 Å². The van der Waals surface area contributed by atoms with Crippen molar-refractivity contribution in [3.05, 3.63) is 30.1 Å². The van der Waals surface area contributed by atoms with E-state index in [0.29, 0.717) is 10.5 Å². The third-order valence-electron chi connectivity index (χ3n) is 1.82. The Morgan fingerprint density at radius 2 is 2.15 bits per heavy atom. The molecule has 0 aliphatic carbocycles. The van der Waals surface area contributed by atoms with Crippen molar-refractivity contribution in [3.8, 4) is 0 Å². The van der Waals surface area contributed by atoms with Crippen LogP contribution in [0.4, 0.5) is 0 Å². The van der Waals surface area contributed by atoms with E-state index < -0.39 is 0 Å². The number of hydrogen-bond donors (Lipinski definition) is 0. The van der Waals surface area contributed by atoms with Gasteiger partial charge in [0.25, 0.3) is 0 Å². The SMILES string of the molecule is CCC(SC(C)C)c1ccccn1. The van der Waals surface area contributed by atoms with Crippen molar-refractivity contribution < 1.29 is 0 Å². The highest BCUT2D eigenvalue weighted by Crippen LogP contribution is 2.33. The molecule has 72 valence electrons. The lowest BCUT2D eigenvalue weighted by atomic mass is 10.2. The van der Waals surface area contributed by atoms with Crippen LogP contribution < -0.4 is 0 Å². The standard InChI is InChI=1S/C11H17NS/c1-4-11(13-9(2)3)10-7-5-6-8-12-10/h5-9,11H,4H2,1-3H3. The van der Waals surface area contributed by atoms with Gasteiger partial charge in [0.15, 0.2) is 0 Å². The van der Waals surface area contributed by atoms with Crippen molar-refractivity contribution >= 4 is 11.8 Å². The van der Waals surface area contributed by atoms with E-state index >= 15 is 0 Å². The van der Waals surface area contributed by atoms with Gasteiger partial charge < -0.3 is 0 Å². The molecule has 2 heteroatoms. The average molecular weight is 195 g/mol. The summed E-state index contributed by atoms with van der Waals surface area (Å²) in [7, 11) is 0. The van der Waals surface area contributed by atoms with Crippen LogP contribution in [0.5, 0.6) is 0 Å². The Labute approximate surface area is 85.0 Å². The molecule has 1 heterocycles. The molecule has 0 bridgehead atoms. The fraction of sp³-hybridized carbons (Fsp3) is 0.545. The van der Waals surface area contributed by atoms with Gasteiger partial charge in [-0.15, -0.1) is 11.8 Å². The third-order valence-corrected chi connectivity index (χ3v) is 3.27. The number of thioether (sulfide) groups is 1. The van der Waals surface area contributed by atoms with Gasteiger partial charge in [-0.1, -0.05) is 26.8 Å². The van der Waals surface area contributed by atoms with Gasteiger partial charge in [-0.25, -0.2) is 0 Å². The summed E-state index contributed by atoms with van der Waals surface area (Å²) in [6.07, 6.45) is 3.03. The summed E-state index contributed by atoms with van der Waals surface area (Å²) in [6, 6.07) is 6.14. The topological polar surface area (TPSA) is 12.9 Å². The molecular formula is C11H17NS. The van der Waals surface area contributed by atoms with E-state index in [1.807, 2.05) is 24.0 Å². The molecule has 1 atom stereocenters. The van der Waals surface area contributed by atoms with E-state index in [1.54, 1.807) is 0 Å². The number of pyridine rings is 1. The average Bonchev–Trinajstić information content (AvgIpc) is 2.15. The van der Waals surface area contributed by atoms with Crippen LogP contribution in [0.25, 0.3) is 0 Å². The van der Waals surface area contributed by atoms with Gasteiger partial charge in [0.1, 0.15) is 0 Å². The van der Waals surface area contributed by atoms with Crippen LogP contribution in [0, 0.1) is 0 Å². The normalized spacial score (nSPS) is 13.2. The Morgan fingerprint density at radius 1 is 1.38 bits per heavy atom. The van der Waals surface area contributed by atoms with Crippen molar-refractivity contribution in [3.63, 3.8) is 0 Å². The third kappa shape index (κ3) is 3.39. The van der Waals surface area contributed by atoms with E-state index in [9.17, 15) is 0 Å². The van der Waals surface area contributed by atoms with Gasteiger partial charge in [-0.3, -0.25) is 4.98 Å². The fourth-order valence-corrected chi connectivity index (χ4v) is 2.40. The Bertz CT molecular complexity index is 233. The second-order valence-corrected chi connectivity index (χ2v) is 5.12. The zero-order valence-electron chi connectivity index (χ0n) is 8.53. The maximum atomic E-state index is 4.38. The monoisotopic (exact) mass is 195 g/mol. The zero-order chi connectivity index (χ0) is 9.68. The molecule has 1 nitrogen and oxygen atoms in total. The highest BCUT2D eigenvalue weighted by Gasteiger charge is 2.11. The maximum absolute atomic E-state index is 4.38. The lowest BCUT2D eigenvalue weighted by Crippen LogP contribution is -1.99. The molecule has 0 saturated heterocycles. The van der Waals surface area contributed by atoms with Crippen molar-refractivity contribution in [1.29, 1.82) is 0 Å². The van der Waals surface area contributed by atoms with Gasteiger partial charge in [0.05, 0.1) is 5.69 Å². The molecule has 0 amide bonds. The molecule has 0 aromatic carbocycles. The molecule has 1 aromatic rings. The zero-order valence-corrected chi connectivity index (χ0v) is 9.34. The number of hydrogen-bond acceptors (Lipinski definition) is 2. The first-order valence-corrected chi connectivity index (χ1v) is 5.74. The molecule has 0 radical (unpaired) electrons. The fourth-order valence-electron chi connectivity index (χ4n) is 1.27. The van der Waals surface area contributed by atoms with Gasteiger partial charge >= 0.3 is 0 Å². The maximum Gasteiger partial charge on any atom is 0.0533 e. The largest absolute Gasteiger partial charge is 0.260 e. The van der Waals surface area contributed by atoms with E-state index in [4.69, 9.17) is 0 Å². The van der Waals surface area contributed by atoms with Crippen molar-refractivity contribution in [2.45, 2.75) is 37.7 Å². The number of rotatable bonds is 4. The molecule has 0 spiro atoms. The van der Waals surface area contributed by atoms with Gasteiger partial charge in [-0.05, 0) is 23.8 Å². The van der Waals surface area contributed by atoms with Crippen LogP contribution in [-0.4, -0.2) is 10.2 Å². The Balaban J connectivity index is 2.67. The number of aromatic nitrogens is 1. The predicted octanol–water partition coefficient (Wildman–Crippen LogP) is 3.67. The van der Waals surface area contributed by atoms with Crippen molar-refractivity contribution in [2.75, 3.05) is 0 Å². The number of nitrogens with zero attached hydrogens (tertiary/aromatic N) is 1. The quantitative estimate of drug-likeness (QED) is 0.727. The molecule has 1 aromatic heterocycles. The van der Waals surface area contributed by atoms with E-state index in [1.165, 1.54) is 5.69 Å². The van der Waals surface area contributed by atoms with Crippen LogP contribution >= 0.6 is 11.8 Å². The summed E-state index contributed by atoms with van der Waals surface area (Å²) in [5.41, 5.74) is 1.21. The lowest BCUT2D eigenvalue weighted by Gasteiger charge is -2.15. The summed E-state index contributed by atoms with van der Waals surface area (Å²) in [5, 5.41) is 1.23. The van der Waals surface area contributed by atoms with Crippen LogP contribution in [0.15, 0.2) is 24.4 Å². The van der Waals surface area contributed by atoms with Crippen LogP contribution in [-0.2, 0) is 0 Å². The minimum Gasteiger partial charge on any atom is -0.260 e. The summed E-state index contributed by atoms with van der Waals surface area (Å²) < 4.78 is 0. The highest BCUT2D eigenvalue weighted by atomic mass is 32.2. The molecule has 0 N–H and O–H groups in total. The summed E-state index contributed by atoms with van der Waals surface area (Å²) in [5.74, 6) is 0. The summed E-state index contributed by atoms with van der Waals surface area (Å²) >= 11 is 1.99. The molecule has 1 rings (SSSR count). The first-order chi connectivity index (χ1) is 6.24. The van der Waals surface area contributed by atoms with Crippen LogP contribution in [0.2, 0.25) is 0 Å². The van der Waals surface area contributed by atoms with Gasteiger partial charge in [0, 0.05) is 11.4 Å². The lowest BCUT2D eigenvalue weighted by molar-refractivity contribution is 0.851. The minimum atomic E-state index is 0.557. The molecule has 0 fully saturated rings. The van der Waals surface area contributed by atoms with Crippen molar-refractivity contribution in [2.24, 2.45) is 0 Å². The second kappa shape index (κ2) is 5.28. The van der Waals surface area contributed by atoms with E-state index in [2.05, 4.69) is 37.9 Å². The van der Waals surface area contributed by atoms with E-state index in [-0.39, 0.29) is 0 Å². The molecule has 0 saturated carbocycles. The Hall–Kier alpha value is -0.500. The van der Waals surface area contributed by atoms with E-state index in [0.717, 1.165) is 6.42 Å². The molecule has 13 heavy (non-hydrogen) atoms. The smallest absolute Gasteiger partial charge is 0.0533 e. The van der Waals surface area contributed by atoms with Crippen molar-refractivity contribution in [1.82, 2.24) is 4.98 Å². The Morgan fingerprint density at radius 3 is 2.62 bits per heavy atom. The van der Waals surface area contributed by atoms with Crippen LogP contribution in [0.1, 0.15) is 38.1 Å². The first-order valence-electron chi connectivity index (χ1n) is 4.80. The second-order valence-electron chi connectivity index (χ2n) is 3.34. The molecular weight excluding hydrogens is 178 g/mol. The molecule has 1 unspecified atom stereocenters. The molecule has 0 aliphatic heterocycles. The summed E-state index contributed by atoms with van der Waals surface area (Å²) in [6.45, 7) is 6.68.